The van der Waals surface area contributed by atoms with Crippen molar-refractivity contribution in [2.24, 2.45) is 0 Å². The van der Waals surface area contributed by atoms with Crippen LogP contribution in [0, 0.1) is 0 Å². The van der Waals surface area contributed by atoms with Gasteiger partial charge in [-0.2, -0.15) is 0 Å². The fraction of sp³-hybridized carbons (Fsp3) is 0.439. The van der Waals surface area contributed by atoms with Crippen molar-refractivity contribution in [2.45, 2.75) is 135 Å². The van der Waals surface area contributed by atoms with E-state index in [0.29, 0.717) is 6.07 Å². The van der Waals surface area contributed by atoms with Crippen LogP contribution in [0.15, 0.2) is 105 Å². The number of aliphatic hydroxyl groups is 14. The highest BCUT2D eigenvalue weighted by atomic mass is 16.8. The number of carbonyl (C=O) groups is 3. The monoisotopic (exact) mass is 1300 g/mol. The largest absolute Gasteiger partial charge is 0.508 e. The Hall–Kier alpha value is -8.44. The van der Waals surface area contributed by atoms with Crippen LogP contribution in [-0.4, -0.2) is 264 Å². The van der Waals surface area contributed by atoms with E-state index in [9.17, 15) is 116 Å². The summed E-state index contributed by atoms with van der Waals surface area (Å²) in [4.78, 5) is 53.6. The molecule has 6 aliphatic rings. The zero-order valence-electron chi connectivity index (χ0n) is 46.9. The van der Waals surface area contributed by atoms with Crippen LogP contribution in [0.2, 0.25) is 0 Å². The zero-order chi connectivity index (χ0) is 66.5. The number of carboxylic acids is 1. The molecule has 92 heavy (non-hydrogen) atoms. The number of fused-ring (bicyclic) bond motifs is 2. The number of phenolic OH excluding ortho intramolecular Hbond substituents is 4. The predicted octanol–water partition coefficient (Wildman–Crippen LogP) is -4.54. The maximum absolute atomic E-state index is 14.7. The van der Waals surface area contributed by atoms with E-state index >= 15 is 0 Å². The van der Waals surface area contributed by atoms with Gasteiger partial charge < -0.3 is 154 Å². The molecule has 0 saturated carbocycles. The smallest absolute Gasteiger partial charge is 0.335 e. The molecule has 21 unspecified atom stereocenters. The summed E-state index contributed by atoms with van der Waals surface area (Å²) in [6.07, 6.45) is -40.3. The van der Waals surface area contributed by atoms with Gasteiger partial charge in [0.05, 0.1) is 13.2 Å². The Bertz CT molecular complexity index is 3600. The van der Waals surface area contributed by atoms with Crippen LogP contribution in [-0.2, 0) is 57.0 Å². The van der Waals surface area contributed by atoms with E-state index in [4.69, 9.17) is 56.5 Å². The Morgan fingerprint density at radius 1 is 0.554 bits per heavy atom. The Kier molecular flexibility index (Phi) is 19.5. The topological polar surface area (TPSA) is 567 Å². The molecule has 6 heterocycles. The number of rotatable bonds is 18. The second-order valence-corrected chi connectivity index (χ2v) is 21.5. The summed E-state index contributed by atoms with van der Waals surface area (Å²) in [7, 11) is 0. The van der Waals surface area contributed by atoms with Gasteiger partial charge in [-0.05, 0) is 48.5 Å². The maximum atomic E-state index is 14.7. The van der Waals surface area contributed by atoms with Crippen molar-refractivity contribution in [3.63, 3.8) is 0 Å². The lowest BCUT2D eigenvalue weighted by molar-refractivity contribution is -0.358. The van der Waals surface area contributed by atoms with Crippen molar-refractivity contribution in [1.82, 2.24) is 0 Å². The van der Waals surface area contributed by atoms with Gasteiger partial charge in [0.2, 0.25) is 30.0 Å². The van der Waals surface area contributed by atoms with Gasteiger partial charge in [-0.3, -0.25) is 14.4 Å². The summed E-state index contributed by atoms with van der Waals surface area (Å²) in [5.74, 6) is -11.0. The Labute approximate surface area is 513 Å². The molecule has 0 bridgehead atoms. The van der Waals surface area contributed by atoms with E-state index in [0.717, 1.165) is 36.4 Å². The number of allylic oxidation sites excluding steroid dienone is 2. The molecule has 21 atom stereocenters. The average molecular weight is 1310 g/mol. The van der Waals surface area contributed by atoms with Crippen LogP contribution >= 0.6 is 0 Å². The molecule has 0 spiro atoms. The second kappa shape index (κ2) is 27.0. The quantitative estimate of drug-likeness (QED) is 0.0253. The van der Waals surface area contributed by atoms with Gasteiger partial charge in [0.15, 0.2) is 53.4 Å². The third-order valence-corrected chi connectivity index (χ3v) is 15.4. The summed E-state index contributed by atoms with van der Waals surface area (Å²) in [6.45, 7) is -2.92. The highest BCUT2D eigenvalue weighted by Gasteiger charge is 2.54. The molecule has 3 aromatic carbocycles. The van der Waals surface area contributed by atoms with Crippen molar-refractivity contribution < 1.29 is 168 Å². The lowest BCUT2D eigenvalue weighted by atomic mass is 9.96. The summed E-state index contributed by atoms with van der Waals surface area (Å²) in [5.41, 5.74) is -1.93. The predicted molar refractivity (Wildman–Crippen MR) is 292 cm³/mol. The molecule has 0 radical (unpaired) electrons. The number of esters is 2. The van der Waals surface area contributed by atoms with Crippen molar-refractivity contribution in [1.29, 1.82) is 0 Å². The third-order valence-electron chi connectivity index (χ3n) is 15.4. The molecule has 498 valence electrons. The van der Waals surface area contributed by atoms with Gasteiger partial charge in [0.1, 0.15) is 138 Å². The number of benzene rings is 3. The van der Waals surface area contributed by atoms with E-state index in [-0.39, 0.29) is 39.7 Å². The number of aromatic hydroxyl groups is 4. The number of aliphatic hydroxyl groups excluding tert-OH is 14. The standard InChI is InChI=1S/C57H60O35/c58-14-30-36(68)40(72)46(78)55(86-30)92-52-42(74)37(69)31(15-59)87-57(52)90-49-39(71)35-26(65)10-21(11-28(35)84-48(49)17-1-4-19(60)5-2-17)82-56-51(44(76)43(75)50(91-56)53(79)80)89-34(67)13-33(66)81-16-32-38(70)41(73)45(77)54(88-32)85-29-12-22-24(63)8-20(61)9-27(22)83-47(29)18-3-6-23(62)25(64)7-18/h1-12,27,30-32,36-38,40-46,50-52,54-65,68-70,72-78H,13-16H2,(H,79,80). The number of aliphatic carboxylic acids is 1. The minimum absolute atomic E-state index is 0.00302. The van der Waals surface area contributed by atoms with Gasteiger partial charge in [-0.1, -0.05) is 0 Å². The summed E-state index contributed by atoms with van der Waals surface area (Å²) in [5, 5.41) is 200. The van der Waals surface area contributed by atoms with Crippen LogP contribution in [0.1, 0.15) is 12.0 Å². The Morgan fingerprint density at radius 3 is 1.83 bits per heavy atom. The molecule has 1 aliphatic carbocycles. The summed E-state index contributed by atoms with van der Waals surface area (Å²) in [6, 6.07) is 9.64. The molecule has 4 aromatic rings. The van der Waals surface area contributed by atoms with Crippen LogP contribution in [0.3, 0.4) is 0 Å². The molecule has 4 fully saturated rings. The van der Waals surface area contributed by atoms with E-state index in [1.807, 2.05) is 0 Å². The average Bonchev–Trinajstić information content (AvgIpc) is 0.797. The van der Waals surface area contributed by atoms with Crippen LogP contribution in [0.25, 0.3) is 28.1 Å². The second-order valence-electron chi connectivity index (χ2n) is 21.5. The molecule has 35 heteroatoms. The molecule has 1 aromatic heterocycles. The Morgan fingerprint density at radius 2 is 1.16 bits per heavy atom. The number of hydrogen-bond acceptors (Lipinski definition) is 34. The fourth-order valence-electron chi connectivity index (χ4n) is 10.5. The molecule has 35 nitrogen and oxygen atoms in total. The van der Waals surface area contributed by atoms with Crippen molar-refractivity contribution in [2.75, 3.05) is 19.8 Å². The van der Waals surface area contributed by atoms with Crippen molar-refractivity contribution in [3.05, 3.63) is 111 Å². The molecular formula is C57H60O35. The summed E-state index contributed by atoms with van der Waals surface area (Å²) >= 11 is 0. The SMILES string of the molecule is O=C(CC(=O)OC1C(Oc2cc(O)c3c(=O)c(OC4OC(CO)C(O)C(O)C4OC4OC(CO)C(O)C(O)C4O)c(-c4ccc(O)cc4)oc3c2)OC(C(=O)O)C(O)C1O)OCC1OC(OC2=C(c3ccc(O)c(O)c3)OC3C=C(O)C=C(O)C3=C2)C(O)C(O)C1O. The first-order chi connectivity index (χ1) is 43.7. The first-order valence-electron chi connectivity index (χ1n) is 27.6. The van der Waals surface area contributed by atoms with Gasteiger partial charge >= 0.3 is 17.9 Å². The minimum atomic E-state index is -2.41. The number of ether oxygens (including phenoxy) is 11. The van der Waals surface area contributed by atoms with Crippen LogP contribution in [0.5, 0.6) is 34.5 Å². The van der Waals surface area contributed by atoms with E-state index in [1.54, 1.807) is 0 Å². The zero-order valence-corrected chi connectivity index (χ0v) is 46.9. The first-order valence-corrected chi connectivity index (χ1v) is 27.6. The molecular weight excluding hydrogens is 1240 g/mol. The van der Waals surface area contributed by atoms with Gasteiger partial charge in [0, 0.05) is 41.0 Å². The van der Waals surface area contributed by atoms with Gasteiger partial charge in [-0.15, -0.1) is 0 Å². The number of carboxylic acid groups (broad SMARTS) is 1. The van der Waals surface area contributed by atoms with E-state index < -0.39 is 230 Å². The normalized spacial score (nSPS) is 33.9. The fourth-order valence-corrected chi connectivity index (χ4v) is 10.5. The van der Waals surface area contributed by atoms with Gasteiger partial charge in [-0.25, -0.2) is 4.79 Å². The highest BCUT2D eigenvalue weighted by molar-refractivity contribution is 5.91. The number of carbonyl (C=O) groups excluding carboxylic acids is 2. The molecule has 5 aliphatic heterocycles. The van der Waals surface area contributed by atoms with Crippen molar-refractivity contribution in [3.8, 4) is 45.8 Å². The van der Waals surface area contributed by atoms with Gasteiger partial charge in [0.25, 0.3) is 0 Å². The number of hydrogen-bond donors (Lipinski definition) is 19. The third kappa shape index (κ3) is 13.3. The molecule has 10 rings (SSSR count). The maximum Gasteiger partial charge on any atom is 0.335 e. The lowest BCUT2D eigenvalue weighted by Crippen LogP contribution is -2.65. The number of phenols is 4. The Balaban J connectivity index is 0.872. The van der Waals surface area contributed by atoms with Crippen LogP contribution < -0.4 is 14.9 Å². The molecule has 4 saturated heterocycles. The summed E-state index contributed by atoms with van der Waals surface area (Å²) < 4.78 is 68.1. The minimum Gasteiger partial charge on any atom is -0.508 e. The van der Waals surface area contributed by atoms with E-state index in [2.05, 4.69) is 0 Å². The highest BCUT2D eigenvalue weighted by Crippen LogP contribution is 2.42. The first kappa shape index (κ1) is 66.5. The van der Waals surface area contributed by atoms with E-state index in [1.165, 1.54) is 30.4 Å². The van der Waals surface area contributed by atoms with Crippen molar-refractivity contribution >= 4 is 34.6 Å². The van der Waals surface area contributed by atoms with Crippen LogP contribution in [0.4, 0.5) is 0 Å². The lowest BCUT2D eigenvalue weighted by Gasteiger charge is -2.45. The molecule has 19 N–H and O–H groups in total. The molecule has 0 amide bonds.